The van der Waals surface area contributed by atoms with Crippen LogP contribution in [0.2, 0.25) is 0 Å². The maximum Gasteiger partial charge on any atom is 0.0115 e. The lowest BCUT2D eigenvalue weighted by Crippen LogP contribution is -2.12. The first-order chi connectivity index (χ1) is 10.2. The molecule has 0 aliphatic heterocycles. The van der Waals surface area contributed by atoms with E-state index in [0.717, 1.165) is 5.92 Å². The van der Waals surface area contributed by atoms with Gasteiger partial charge in [-0.05, 0) is 29.4 Å². The first-order valence-corrected chi connectivity index (χ1v) is 8.28. The van der Waals surface area contributed by atoms with Gasteiger partial charge in [-0.2, -0.15) is 0 Å². The van der Waals surface area contributed by atoms with Crippen LogP contribution >= 0.6 is 0 Å². The molecular weight excluding hydrogens is 252 g/mol. The first-order valence-electron chi connectivity index (χ1n) is 8.28. The SMILES string of the molecule is CC(C)CCCC(C)C(c1ccccc1)c1ccccc1. The molecule has 0 saturated carbocycles. The second kappa shape index (κ2) is 8.02. The molecule has 0 aliphatic rings. The van der Waals surface area contributed by atoms with E-state index in [-0.39, 0.29) is 0 Å². The Morgan fingerprint density at radius 3 is 1.57 bits per heavy atom. The van der Waals surface area contributed by atoms with Crippen LogP contribution in [0.4, 0.5) is 0 Å². The smallest absolute Gasteiger partial charge is 0.0115 e. The quantitative estimate of drug-likeness (QED) is 0.560. The van der Waals surface area contributed by atoms with E-state index in [9.17, 15) is 0 Å². The maximum absolute atomic E-state index is 2.41. The summed E-state index contributed by atoms with van der Waals surface area (Å²) in [6.45, 7) is 7.04. The van der Waals surface area contributed by atoms with Gasteiger partial charge >= 0.3 is 0 Å². The second-order valence-corrected chi connectivity index (χ2v) is 6.60. The van der Waals surface area contributed by atoms with E-state index in [1.165, 1.54) is 30.4 Å². The minimum Gasteiger partial charge on any atom is -0.0628 e. The molecule has 0 aliphatic carbocycles. The minimum atomic E-state index is 0.513. The molecule has 0 bridgehead atoms. The summed E-state index contributed by atoms with van der Waals surface area (Å²) in [5, 5.41) is 0. The van der Waals surface area contributed by atoms with Gasteiger partial charge in [0.05, 0.1) is 0 Å². The molecule has 0 nitrogen and oxygen atoms in total. The van der Waals surface area contributed by atoms with Crippen molar-refractivity contribution in [3.8, 4) is 0 Å². The van der Waals surface area contributed by atoms with E-state index < -0.39 is 0 Å². The molecule has 0 fully saturated rings. The molecule has 0 heteroatoms. The van der Waals surface area contributed by atoms with Crippen LogP contribution in [0.5, 0.6) is 0 Å². The fraction of sp³-hybridized carbons (Fsp3) is 0.429. The highest BCUT2D eigenvalue weighted by molar-refractivity contribution is 5.33. The summed E-state index contributed by atoms with van der Waals surface area (Å²) in [6, 6.07) is 21.9. The molecule has 112 valence electrons. The molecule has 2 rings (SSSR count). The van der Waals surface area contributed by atoms with Crippen molar-refractivity contribution in [2.45, 2.75) is 46.0 Å². The summed E-state index contributed by atoms with van der Waals surface area (Å²) < 4.78 is 0. The van der Waals surface area contributed by atoms with Gasteiger partial charge in [-0.1, -0.05) is 94.3 Å². The Labute approximate surface area is 130 Å². The lowest BCUT2D eigenvalue weighted by molar-refractivity contribution is 0.425. The summed E-state index contributed by atoms with van der Waals surface area (Å²) in [7, 11) is 0. The van der Waals surface area contributed by atoms with Crippen molar-refractivity contribution in [1.29, 1.82) is 0 Å². The Balaban J connectivity index is 2.16. The summed E-state index contributed by atoms with van der Waals surface area (Å²) >= 11 is 0. The summed E-state index contributed by atoms with van der Waals surface area (Å²) in [5.74, 6) is 2.00. The molecule has 21 heavy (non-hydrogen) atoms. The average Bonchev–Trinajstić information content (AvgIpc) is 2.49. The molecule has 0 saturated heterocycles. The molecule has 0 spiro atoms. The van der Waals surface area contributed by atoms with Gasteiger partial charge in [-0.3, -0.25) is 0 Å². The zero-order valence-corrected chi connectivity index (χ0v) is 13.6. The van der Waals surface area contributed by atoms with Gasteiger partial charge in [-0.25, -0.2) is 0 Å². The van der Waals surface area contributed by atoms with Crippen molar-refractivity contribution in [3.63, 3.8) is 0 Å². The summed E-state index contributed by atoms with van der Waals surface area (Å²) in [4.78, 5) is 0. The maximum atomic E-state index is 2.41. The van der Waals surface area contributed by atoms with Crippen LogP contribution < -0.4 is 0 Å². The van der Waals surface area contributed by atoms with E-state index in [1.807, 2.05) is 0 Å². The van der Waals surface area contributed by atoms with Crippen LogP contribution in [0.1, 0.15) is 57.1 Å². The van der Waals surface area contributed by atoms with Gasteiger partial charge in [0.1, 0.15) is 0 Å². The van der Waals surface area contributed by atoms with Gasteiger partial charge in [0, 0.05) is 5.92 Å². The Hall–Kier alpha value is -1.56. The van der Waals surface area contributed by atoms with Crippen molar-refractivity contribution >= 4 is 0 Å². The highest BCUT2D eigenvalue weighted by atomic mass is 14.2. The molecule has 1 unspecified atom stereocenters. The third-order valence-electron chi connectivity index (χ3n) is 4.33. The molecule has 0 heterocycles. The number of hydrogen-bond donors (Lipinski definition) is 0. The Morgan fingerprint density at radius 2 is 1.14 bits per heavy atom. The van der Waals surface area contributed by atoms with Crippen molar-refractivity contribution in [2.75, 3.05) is 0 Å². The molecule has 2 aromatic rings. The summed E-state index contributed by atoms with van der Waals surface area (Å²) in [6.07, 6.45) is 3.96. The number of hydrogen-bond acceptors (Lipinski definition) is 0. The third-order valence-corrected chi connectivity index (χ3v) is 4.33. The van der Waals surface area contributed by atoms with E-state index >= 15 is 0 Å². The van der Waals surface area contributed by atoms with E-state index in [1.54, 1.807) is 0 Å². The van der Waals surface area contributed by atoms with E-state index in [2.05, 4.69) is 81.4 Å². The van der Waals surface area contributed by atoms with Gasteiger partial charge in [0.25, 0.3) is 0 Å². The average molecular weight is 280 g/mol. The van der Waals surface area contributed by atoms with Crippen LogP contribution in [-0.2, 0) is 0 Å². The van der Waals surface area contributed by atoms with Crippen LogP contribution in [0.15, 0.2) is 60.7 Å². The van der Waals surface area contributed by atoms with E-state index in [0.29, 0.717) is 11.8 Å². The van der Waals surface area contributed by atoms with Crippen molar-refractivity contribution in [3.05, 3.63) is 71.8 Å². The number of benzene rings is 2. The van der Waals surface area contributed by atoms with Crippen LogP contribution in [0.25, 0.3) is 0 Å². The fourth-order valence-corrected chi connectivity index (χ4v) is 3.19. The Morgan fingerprint density at radius 1 is 0.667 bits per heavy atom. The van der Waals surface area contributed by atoms with Crippen LogP contribution in [-0.4, -0.2) is 0 Å². The first kappa shape index (κ1) is 15.8. The Kier molecular flexibility index (Phi) is 6.04. The van der Waals surface area contributed by atoms with Crippen LogP contribution in [0, 0.1) is 11.8 Å². The molecule has 2 aromatic carbocycles. The van der Waals surface area contributed by atoms with Gasteiger partial charge in [0.15, 0.2) is 0 Å². The third kappa shape index (κ3) is 4.74. The standard InChI is InChI=1S/C21H28/c1-17(2)11-10-12-18(3)21(19-13-6-4-7-14-19)20-15-8-5-9-16-20/h4-9,13-18,21H,10-12H2,1-3H3. The van der Waals surface area contributed by atoms with E-state index in [4.69, 9.17) is 0 Å². The van der Waals surface area contributed by atoms with Crippen molar-refractivity contribution in [1.82, 2.24) is 0 Å². The normalized spacial score (nSPS) is 12.8. The van der Waals surface area contributed by atoms with Crippen molar-refractivity contribution < 1.29 is 0 Å². The highest BCUT2D eigenvalue weighted by Gasteiger charge is 2.20. The molecular formula is C21H28. The molecule has 1 atom stereocenters. The highest BCUT2D eigenvalue weighted by Crippen LogP contribution is 2.34. The molecule has 0 amide bonds. The largest absolute Gasteiger partial charge is 0.0628 e. The monoisotopic (exact) mass is 280 g/mol. The lowest BCUT2D eigenvalue weighted by atomic mass is 9.79. The second-order valence-electron chi connectivity index (χ2n) is 6.60. The van der Waals surface area contributed by atoms with Gasteiger partial charge in [-0.15, -0.1) is 0 Å². The zero-order valence-electron chi connectivity index (χ0n) is 13.6. The minimum absolute atomic E-state index is 0.513. The number of rotatable bonds is 7. The fourth-order valence-electron chi connectivity index (χ4n) is 3.19. The Bertz CT molecular complexity index is 459. The lowest BCUT2D eigenvalue weighted by Gasteiger charge is -2.25. The topological polar surface area (TPSA) is 0 Å². The predicted molar refractivity (Wildman–Crippen MR) is 92.6 cm³/mol. The molecule has 0 N–H and O–H groups in total. The van der Waals surface area contributed by atoms with Crippen LogP contribution in [0.3, 0.4) is 0 Å². The predicted octanol–water partition coefficient (Wildman–Crippen LogP) is 6.28. The van der Waals surface area contributed by atoms with Gasteiger partial charge < -0.3 is 0 Å². The summed E-state index contributed by atoms with van der Waals surface area (Å²) in [5.41, 5.74) is 2.89. The van der Waals surface area contributed by atoms with Gasteiger partial charge in [0.2, 0.25) is 0 Å². The zero-order chi connectivity index (χ0) is 15.1. The van der Waals surface area contributed by atoms with Crippen molar-refractivity contribution in [2.24, 2.45) is 11.8 Å². The molecule has 0 radical (unpaired) electrons. The molecule has 0 aromatic heterocycles.